The van der Waals surface area contributed by atoms with Crippen LogP contribution >= 0.6 is 15.9 Å². The summed E-state index contributed by atoms with van der Waals surface area (Å²) in [7, 11) is 1.67. The van der Waals surface area contributed by atoms with Crippen molar-refractivity contribution in [3.05, 3.63) is 34.7 Å². The van der Waals surface area contributed by atoms with Crippen molar-refractivity contribution in [1.82, 2.24) is 9.97 Å². The highest BCUT2D eigenvalue weighted by Gasteiger charge is 2.20. The number of H-pyrrole nitrogens is 1. The van der Waals surface area contributed by atoms with Crippen LogP contribution in [0, 0.1) is 0 Å². The predicted molar refractivity (Wildman–Crippen MR) is 90.3 cm³/mol. The second-order valence-electron chi connectivity index (χ2n) is 5.65. The minimum Gasteiger partial charge on any atom is -0.490 e. The number of methoxy groups -OCH3 is 1. The monoisotopic (exact) mass is 364 g/mol. The third-order valence-electron chi connectivity index (χ3n) is 4.12. The Morgan fingerprint density at radius 3 is 2.86 bits per heavy atom. The molecule has 1 saturated carbocycles. The molecule has 0 radical (unpaired) electrons. The maximum Gasteiger partial charge on any atom is 0.134 e. The molecule has 1 aliphatic rings. The van der Waals surface area contributed by atoms with E-state index < -0.39 is 0 Å². The number of aromatic amines is 1. The molecule has 1 aromatic carbocycles. The van der Waals surface area contributed by atoms with Gasteiger partial charge in [-0.2, -0.15) is 0 Å². The molecule has 3 rings (SSSR count). The van der Waals surface area contributed by atoms with Gasteiger partial charge >= 0.3 is 0 Å². The van der Waals surface area contributed by atoms with Crippen LogP contribution in [0.15, 0.2) is 28.9 Å². The Kier molecular flexibility index (Phi) is 5.16. The van der Waals surface area contributed by atoms with Crippen molar-refractivity contribution in [2.24, 2.45) is 0 Å². The molecule has 5 heteroatoms. The molecule has 0 bridgehead atoms. The molecule has 0 aliphatic heterocycles. The fraction of sp³-hybridized carbons (Fsp3) is 0.471. The molecular weight excluding hydrogens is 344 g/mol. The normalized spacial score (nSPS) is 15.4. The van der Waals surface area contributed by atoms with Crippen LogP contribution in [0.5, 0.6) is 5.75 Å². The summed E-state index contributed by atoms with van der Waals surface area (Å²) >= 11 is 3.52. The second kappa shape index (κ2) is 7.29. The van der Waals surface area contributed by atoms with Crippen molar-refractivity contribution in [1.29, 1.82) is 0 Å². The van der Waals surface area contributed by atoms with Crippen LogP contribution in [0.4, 0.5) is 0 Å². The minimum absolute atomic E-state index is 0.537. The van der Waals surface area contributed by atoms with Gasteiger partial charge in [0.05, 0.1) is 23.0 Å². The van der Waals surface area contributed by atoms with Gasteiger partial charge in [0.15, 0.2) is 0 Å². The van der Waals surface area contributed by atoms with Crippen molar-refractivity contribution in [2.45, 2.75) is 31.6 Å². The molecule has 0 atom stereocenters. The molecule has 1 N–H and O–H groups in total. The molecule has 1 aliphatic carbocycles. The van der Waals surface area contributed by atoms with Crippen LogP contribution in [0.1, 0.15) is 37.4 Å². The number of nitrogens with one attached hydrogen (secondary N) is 1. The van der Waals surface area contributed by atoms with E-state index in [-0.39, 0.29) is 0 Å². The molecule has 1 heterocycles. The number of halogens is 1. The number of hydrogen-bond acceptors (Lipinski definition) is 3. The number of hydrogen-bond donors (Lipinski definition) is 1. The number of aromatic nitrogens is 2. The van der Waals surface area contributed by atoms with E-state index in [1.165, 1.54) is 25.7 Å². The van der Waals surface area contributed by atoms with E-state index in [0.29, 0.717) is 19.1 Å². The molecule has 4 nitrogen and oxygen atoms in total. The second-order valence-corrected chi connectivity index (χ2v) is 6.50. The average molecular weight is 365 g/mol. The first-order valence-corrected chi connectivity index (χ1v) is 8.54. The zero-order valence-corrected chi connectivity index (χ0v) is 14.4. The topological polar surface area (TPSA) is 47.1 Å². The van der Waals surface area contributed by atoms with Gasteiger partial charge in [0.25, 0.3) is 0 Å². The molecule has 0 amide bonds. The van der Waals surface area contributed by atoms with Gasteiger partial charge in [-0.1, -0.05) is 18.9 Å². The van der Waals surface area contributed by atoms with Gasteiger partial charge in [-0.15, -0.1) is 0 Å². The summed E-state index contributed by atoms with van der Waals surface area (Å²) in [4.78, 5) is 8.05. The van der Waals surface area contributed by atoms with E-state index >= 15 is 0 Å². The van der Waals surface area contributed by atoms with E-state index in [0.717, 1.165) is 27.3 Å². The van der Waals surface area contributed by atoms with Crippen molar-refractivity contribution in [3.8, 4) is 17.0 Å². The lowest BCUT2D eigenvalue weighted by molar-refractivity contribution is 0.146. The zero-order valence-electron chi connectivity index (χ0n) is 12.8. The lowest BCUT2D eigenvalue weighted by atomic mass is 10.1. The fourth-order valence-corrected chi connectivity index (χ4v) is 3.27. The number of benzene rings is 1. The fourth-order valence-electron chi connectivity index (χ4n) is 2.91. The molecule has 1 aromatic heterocycles. The van der Waals surface area contributed by atoms with Crippen molar-refractivity contribution in [3.63, 3.8) is 0 Å². The van der Waals surface area contributed by atoms with Crippen LogP contribution in [0.25, 0.3) is 11.3 Å². The molecule has 0 saturated heterocycles. The van der Waals surface area contributed by atoms with E-state index in [1.807, 2.05) is 18.3 Å². The maximum atomic E-state index is 5.74. The molecule has 0 spiro atoms. The largest absolute Gasteiger partial charge is 0.490 e. The third kappa shape index (κ3) is 3.52. The van der Waals surface area contributed by atoms with Crippen molar-refractivity contribution >= 4 is 15.9 Å². The first-order chi connectivity index (χ1) is 10.8. The van der Waals surface area contributed by atoms with Crippen molar-refractivity contribution in [2.75, 3.05) is 20.3 Å². The van der Waals surface area contributed by atoms with Crippen molar-refractivity contribution < 1.29 is 9.47 Å². The van der Waals surface area contributed by atoms with Crippen LogP contribution in [-0.2, 0) is 4.74 Å². The molecule has 0 unspecified atom stereocenters. The first-order valence-electron chi connectivity index (χ1n) is 7.74. The Morgan fingerprint density at radius 2 is 2.09 bits per heavy atom. The van der Waals surface area contributed by atoms with E-state index in [9.17, 15) is 0 Å². The van der Waals surface area contributed by atoms with E-state index in [1.54, 1.807) is 7.11 Å². The Morgan fingerprint density at radius 1 is 1.27 bits per heavy atom. The van der Waals surface area contributed by atoms with Gasteiger partial charge in [0, 0.05) is 18.6 Å². The predicted octanol–water partition coefficient (Wildman–Crippen LogP) is 4.52. The molecule has 22 heavy (non-hydrogen) atoms. The summed E-state index contributed by atoms with van der Waals surface area (Å²) in [6, 6.07) is 6.11. The number of rotatable bonds is 6. The zero-order chi connectivity index (χ0) is 15.4. The van der Waals surface area contributed by atoms with Gasteiger partial charge in [0.1, 0.15) is 18.2 Å². The lowest BCUT2D eigenvalue weighted by Crippen LogP contribution is -2.04. The summed E-state index contributed by atoms with van der Waals surface area (Å²) < 4.78 is 11.7. The summed E-state index contributed by atoms with van der Waals surface area (Å²) in [5.74, 6) is 2.55. The molecule has 118 valence electrons. The van der Waals surface area contributed by atoms with Crippen LogP contribution < -0.4 is 4.74 Å². The Bertz CT molecular complexity index is 621. The van der Waals surface area contributed by atoms with Crippen LogP contribution in [0.2, 0.25) is 0 Å². The van der Waals surface area contributed by atoms with E-state index in [2.05, 4.69) is 32.0 Å². The highest BCUT2D eigenvalue weighted by Crippen LogP contribution is 2.34. The summed E-state index contributed by atoms with van der Waals surface area (Å²) in [5.41, 5.74) is 2.14. The van der Waals surface area contributed by atoms with Crippen LogP contribution in [0.3, 0.4) is 0 Å². The average Bonchev–Trinajstić information content (AvgIpc) is 3.20. The van der Waals surface area contributed by atoms with Gasteiger partial charge in [0.2, 0.25) is 0 Å². The molecular formula is C17H21BrN2O2. The lowest BCUT2D eigenvalue weighted by Gasteiger charge is -2.09. The van der Waals surface area contributed by atoms with Gasteiger partial charge in [-0.05, 0) is 40.9 Å². The van der Waals surface area contributed by atoms with Crippen LogP contribution in [-0.4, -0.2) is 30.3 Å². The first kappa shape index (κ1) is 15.6. The quantitative estimate of drug-likeness (QED) is 0.766. The molecule has 1 fully saturated rings. The van der Waals surface area contributed by atoms with Gasteiger partial charge < -0.3 is 14.5 Å². The van der Waals surface area contributed by atoms with E-state index in [4.69, 9.17) is 9.47 Å². The number of ether oxygens (including phenoxy) is 2. The maximum absolute atomic E-state index is 5.74. The Balaban J connectivity index is 1.77. The standard InChI is InChI=1S/C17H21BrN2O2/c1-21-8-9-22-16-10-13(6-7-14(16)18)15-11-19-17(20-15)12-4-2-3-5-12/h6-7,10-12H,2-5,8-9H2,1H3,(H,19,20). The number of nitrogens with zero attached hydrogens (tertiary/aromatic N) is 1. The SMILES string of the molecule is COCCOc1cc(-c2cnc(C3CCCC3)[nH]2)ccc1Br. The highest BCUT2D eigenvalue weighted by molar-refractivity contribution is 9.10. The smallest absolute Gasteiger partial charge is 0.134 e. The van der Waals surface area contributed by atoms with Gasteiger partial charge in [-0.25, -0.2) is 4.98 Å². The Hall–Kier alpha value is -1.33. The summed E-state index contributed by atoms with van der Waals surface area (Å²) in [5, 5.41) is 0. The van der Waals surface area contributed by atoms with Gasteiger partial charge in [-0.3, -0.25) is 0 Å². The molecule has 2 aromatic rings. The highest BCUT2D eigenvalue weighted by atomic mass is 79.9. The third-order valence-corrected chi connectivity index (χ3v) is 4.78. The summed E-state index contributed by atoms with van der Waals surface area (Å²) in [6.07, 6.45) is 7.06. The number of imidazole rings is 1. The Labute approximate surface area is 139 Å². The summed E-state index contributed by atoms with van der Waals surface area (Å²) in [6.45, 7) is 1.11. The minimum atomic E-state index is 0.537.